The van der Waals surface area contributed by atoms with Crippen molar-refractivity contribution in [2.45, 2.75) is 18.2 Å². The highest BCUT2D eigenvalue weighted by atomic mass is 35.5. The highest BCUT2D eigenvalue weighted by molar-refractivity contribution is 7.91. The summed E-state index contributed by atoms with van der Waals surface area (Å²) in [7, 11) is -3.40. The highest BCUT2D eigenvalue weighted by Crippen LogP contribution is 2.20. The van der Waals surface area contributed by atoms with Crippen LogP contribution >= 0.6 is 22.9 Å². The molecule has 0 bridgehead atoms. The molecule has 0 aliphatic heterocycles. The molecule has 2 aromatic carbocycles. The molecule has 0 saturated heterocycles. The lowest BCUT2D eigenvalue weighted by Gasteiger charge is -2.03. The fourth-order valence-electron chi connectivity index (χ4n) is 2.26. The lowest BCUT2D eigenvalue weighted by atomic mass is 10.2. The number of anilines is 1. The van der Waals surface area contributed by atoms with Crippen LogP contribution < -0.4 is 5.32 Å². The predicted molar refractivity (Wildman–Crippen MR) is 106 cm³/mol. The zero-order chi connectivity index (χ0) is 19.4. The SMILES string of the molecule is Cc1ccc(S(=O)(=O)CCc2nnc(NC(=O)c3ccc(Cl)cc3)s2)cc1. The zero-order valence-electron chi connectivity index (χ0n) is 14.3. The number of nitrogens with one attached hydrogen (secondary N) is 1. The summed E-state index contributed by atoms with van der Waals surface area (Å²) in [4.78, 5) is 12.4. The van der Waals surface area contributed by atoms with Gasteiger partial charge in [0.05, 0.1) is 10.6 Å². The van der Waals surface area contributed by atoms with E-state index in [2.05, 4.69) is 15.5 Å². The van der Waals surface area contributed by atoms with Gasteiger partial charge in [-0.15, -0.1) is 10.2 Å². The van der Waals surface area contributed by atoms with Crippen molar-refractivity contribution in [2.24, 2.45) is 0 Å². The Morgan fingerprint density at radius 3 is 2.41 bits per heavy atom. The topological polar surface area (TPSA) is 89.0 Å². The molecule has 1 N–H and O–H groups in total. The maximum Gasteiger partial charge on any atom is 0.257 e. The second-order valence-corrected chi connectivity index (χ2v) is 9.45. The van der Waals surface area contributed by atoms with Crippen LogP contribution in [0.3, 0.4) is 0 Å². The quantitative estimate of drug-likeness (QED) is 0.654. The van der Waals surface area contributed by atoms with Gasteiger partial charge in [0.1, 0.15) is 5.01 Å². The summed E-state index contributed by atoms with van der Waals surface area (Å²) in [5, 5.41) is 11.9. The molecule has 0 fully saturated rings. The molecule has 6 nitrogen and oxygen atoms in total. The molecule has 1 amide bonds. The lowest BCUT2D eigenvalue weighted by molar-refractivity contribution is 0.102. The van der Waals surface area contributed by atoms with Gasteiger partial charge in [-0.05, 0) is 43.3 Å². The number of sulfone groups is 1. The summed E-state index contributed by atoms with van der Waals surface area (Å²) in [5.74, 6) is -0.405. The number of halogens is 1. The van der Waals surface area contributed by atoms with E-state index in [9.17, 15) is 13.2 Å². The molecule has 3 aromatic rings. The third kappa shape index (κ3) is 5.12. The maximum atomic E-state index is 12.4. The van der Waals surface area contributed by atoms with Crippen LogP contribution in [0, 0.1) is 6.92 Å². The Kier molecular flexibility index (Phi) is 5.88. The van der Waals surface area contributed by atoms with Crippen LogP contribution in [0.5, 0.6) is 0 Å². The van der Waals surface area contributed by atoms with Gasteiger partial charge in [-0.2, -0.15) is 0 Å². The average molecular weight is 422 g/mol. The van der Waals surface area contributed by atoms with Crippen molar-refractivity contribution >= 4 is 43.8 Å². The van der Waals surface area contributed by atoms with E-state index in [1.54, 1.807) is 48.5 Å². The highest BCUT2D eigenvalue weighted by Gasteiger charge is 2.16. The van der Waals surface area contributed by atoms with Crippen molar-refractivity contribution in [2.75, 3.05) is 11.1 Å². The molecular formula is C18H16ClN3O3S2. The Morgan fingerprint density at radius 1 is 1.07 bits per heavy atom. The number of benzene rings is 2. The first kappa shape index (κ1) is 19.5. The third-order valence-corrected chi connectivity index (χ3v) is 6.64. The van der Waals surface area contributed by atoms with Gasteiger partial charge < -0.3 is 0 Å². The first-order valence-corrected chi connectivity index (χ1v) is 10.9. The molecule has 0 aliphatic carbocycles. The van der Waals surface area contributed by atoms with Crippen LogP contribution in [0.25, 0.3) is 0 Å². The minimum absolute atomic E-state index is 0.0736. The molecule has 0 spiro atoms. The van der Waals surface area contributed by atoms with Crippen molar-refractivity contribution in [1.29, 1.82) is 0 Å². The van der Waals surface area contributed by atoms with Gasteiger partial charge in [0.2, 0.25) is 5.13 Å². The first-order chi connectivity index (χ1) is 12.8. The second kappa shape index (κ2) is 8.16. The normalized spacial score (nSPS) is 11.3. The number of carbonyl (C=O) groups excluding carboxylic acids is 1. The lowest BCUT2D eigenvalue weighted by Crippen LogP contribution is -2.11. The summed E-state index contributed by atoms with van der Waals surface area (Å²) in [6.07, 6.45) is 0.227. The first-order valence-electron chi connectivity index (χ1n) is 8.02. The number of amides is 1. The van der Waals surface area contributed by atoms with Crippen molar-refractivity contribution in [3.8, 4) is 0 Å². The largest absolute Gasteiger partial charge is 0.296 e. The number of hydrogen-bond donors (Lipinski definition) is 1. The molecule has 1 heterocycles. The van der Waals surface area contributed by atoms with E-state index < -0.39 is 9.84 Å². The van der Waals surface area contributed by atoms with E-state index in [0.717, 1.165) is 16.9 Å². The zero-order valence-corrected chi connectivity index (χ0v) is 16.7. The number of nitrogens with zero attached hydrogens (tertiary/aromatic N) is 2. The monoisotopic (exact) mass is 421 g/mol. The van der Waals surface area contributed by atoms with E-state index in [4.69, 9.17) is 11.6 Å². The smallest absolute Gasteiger partial charge is 0.257 e. The van der Waals surface area contributed by atoms with Gasteiger partial charge >= 0.3 is 0 Å². The second-order valence-electron chi connectivity index (χ2n) is 5.84. The van der Waals surface area contributed by atoms with Crippen LogP contribution in [0.15, 0.2) is 53.4 Å². The van der Waals surface area contributed by atoms with Crippen LogP contribution in [-0.2, 0) is 16.3 Å². The number of carbonyl (C=O) groups is 1. The van der Waals surface area contributed by atoms with E-state index in [-0.39, 0.29) is 23.0 Å². The fraction of sp³-hybridized carbons (Fsp3) is 0.167. The number of aromatic nitrogens is 2. The van der Waals surface area contributed by atoms with E-state index in [0.29, 0.717) is 20.7 Å². The van der Waals surface area contributed by atoms with Crippen LogP contribution in [0.4, 0.5) is 5.13 Å². The molecule has 0 radical (unpaired) electrons. The number of aryl methyl sites for hydroxylation is 2. The van der Waals surface area contributed by atoms with Crippen LogP contribution in [-0.4, -0.2) is 30.3 Å². The molecule has 0 unspecified atom stereocenters. The average Bonchev–Trinajstić information content (AvgIpc) is 3.08. The van der Waals surface area contributed by atoms with E-state index >= 15 is 0 Å². The predicted octanol–water partition coefficient (Wildman–Crippen LogP) is 3.77. The van der Waals surface area contributed by atoms with Crippen molar-refractivity contribution in [3.63, 3.8) is 0 Å². The van der Waals surface area contributed by atoms with Crippen LogP contribution in [0.2, 0.25) is 5.02 Å². The minimum Gasteiger partial charge on any atom is -0.296 e. The molecule has 0 saturated carbocycles. The molecule has 0 atom stereocenters. The van der Waals surface area contributed by atoms with E-state index in [1.165, 1.54) is 0 Å². The summed E-state index contributed by atoms with van der Waals surface area (Å²) < 4.78 is 24.8. The molecule has 9 heteroatoms. The standard InChI is InChI=1S/C18H16ClN3O3S2/c1-12-2-8-15(9-3-12)27(24,25)11-10-16-21-22-18(26-16)20-17(23)13-4-6-14(19)7-5-13/h2-9H,10-11H2,1H3,(H,20,22,23). The Hall–Kier alpha value is -2.29. The van der Waals surface area contributed by atoms with Gasteiger partial charge in [-0.1, -0.05) is 40.6 Å². The molecule has 0 aliphatic rings. The maximum absolute atomic E-state index is 12.4. The molecule has 3 rings (SSSR count). The van der Waals surface area contributed by atoms with Gasteiger partial charge in [0, 0.05) is 17.0 Å². The molecule has 1 aromatic heterocycles. The Morgan fingerprint density at radius 2 is 1.74 bits per heavy atom. The number of rotatable bonds is 6. The molecule has 27 heavy (non-hydrogen) atoms. The number of hydrogen-bond acceptors (Lipinski definition) is 6. The Labute approximate surface area is 166 Å². The van der Waals surface area contributed by atoms with Gasteiger partial charge in [0.25, 0.3) is 5.91 Å². The van der Waals surface area contributed by atoms with Crippen molar-refractivity contribution in [3.05, 3.63) is 69.7 Å². The summed E-state index contributed by atoms with van der Waals surface area (Å²) >= 11 is 6.95. The molecule has 140 valence electrons. The summed E-state index contributed by atoms with van der Waals surface area (Å²) in [6, 6.07) is 13.2. The Balaban J connectivity index is 1.61. The summed E-state index contributed by atoms with van der Waals surface area (Å²) in [5.41, 5.74) is 1.44. The third-order valence-electron chi connectivity index (χ3n) is 3.76. The minimum atomic E-state index is -3.40. The molecular weight excluding hydrogens is 406 g/mol. The van der Waals surface area contributed by atoms with Crippen molar-refractivity contribution in [1.82, 2.24) is 10.2 Å². The van der Waals surface area contributed by atoms with Gasteiger partial charge in [0.15, 0.2) is 9.84 Å². The van der Waals surface area contributed by atoms with Crippen LogP contribution in [0.1, 0.15) is 20.9 Å². The van der Waals surface area contributed by atoms with Gasteiger partial charge in [-0.25, -0.2) is 8.42 Å². The summed E-state index contributed by atoms with van der Waals surface area (Å²) in [6.45, 7) is 1.90. The van der Waals surface area contributed by atoms with E-state index in [1.807, 2.05) is 6.92 Å². The fourth-order valence-corrected chi connectivity index (χ4v) is 4.50. The van der Waals surface area contributed by atoms with Gasteiger partial charge in [-0.3, -0.25) is 10.1 Å². The van der Waals surface area contributed by atoms with Crippen molar-refractivity contribution < 1.29 is 13.2 Å². The Bertz CT molecular complexity index is 1050.